The molecule has 0 saturated carbocycles. The molecule has 1 N–H and O–H groups in total. The molecular weight excluding hydrogens is 450 g/mol. The lowest BCUT2D eigenvalue weighted by atomic mass is 9.98. The van der Waals surface area contributed by atoms with Crippen molar-refractivity contribution in [2.24, 2.45) is 0 Å². The average molecular weight is 478 g/mol. The number of nitrogens with zero attached hydrogens (tertiary/aromatic N) is 2. The summed E-state index contributed by atoms with van der Waals surface area (Å²) in [5, 5.41) is 4.85. The van der Waals surface area contributed by atoms with Crippen LogP contribution in [-0.2, 0) is 16.0 Å². The highest BCUT2D eigenvalue weighted by Crippen LogP contribution is 2.27. The van der Waals surface area contributed by atoms with Gasteiger partial charge >= 0.3 is 0 Å². The zero-order chi connectivity index (χ0) is 24.6. The van der Waals surface area contributed by atoms with E-state index in [9.17, 15) is 19.2 Å². The van der Waals surface area contributed by atoms with E-state index in [0.29, 0.717) is 53.2 Å². The summed E-state index contributed by atoms with van der Waals surface area (Å²) in [5.74, 6) is -0.448. The molecule has 176 valence electrons. The van der Waals surface area contributed by atoms with Crippen LogP contribution in [0.3, 0.4) is 0 Å². The number of nitrogens with one attached hydrogen (secondary N) is 1. The third-order valence-corrected chi connectivity index (χ3v) is 7.25. The van der Waals surface area contributed by atoms with Crippen molar-refractivity contribution in [3.05, 3.63) is 74.1 Å². The van der Waals surface area contributed by atoms with Crippen molar-refractivity contribution in [2.45, 2.75) is 58.4 Å². The quantitative estimate of drug-likeness (QED) is 0.405. The van der Waals surface area contributed by atoms with Gasteiger partial charge in [-0.25, -0.2) is 4.98 Å². The summed E-state index contributed by atoms with van der Waals surface area (Å²) >= 11 is 1.34. The minimum absolute atomic E-state index is 0.0390. The smallest absolute Gasteiger partial charge is 0.262 e. The number of aryl methyl sites for hydroxylation is 2. The van der Waals surface area contributed by atoms with Gasteiger partial charge < -0.3 is 5.32 Å². The molecule has 1 aliphatic heterocycles. The molecule has 0 bridgehead atoms. The molecule has 2 aromatic heterocycles. The minimum Gasteiger partial charge on any atom is -0.329 e. The SMILES string of the molecule is C=C1CCC(n2c(C)nc3c(CCC(=O)C(=O)c4ccc(C(C)C)cc4)scc3c2=O)C(=O)N1. The van der Waals surface area contributed by atoms with E-state index in [4.69, 9.17) is 0 Å². The van der Waals surface area contributed by atoms with E-state index in [-0.39, 0.29) is 17.9 Å². The number of carbonyl (C=O) groups is 3. The van der Waals surface area contributed by atoms with Crippen molar-refractivity contribution in [3.63, 3.8) is 0 Å². The Balaban J connectivity index is 1.52. The van der Waals surface area contributed by atoms with Gasteiger partial charge in [0.05, 0.1) is 10.9 Å². The number of hydrogen-bond donors (Lipinski definition) is 1. The van der Waals surface area contributed by atoms with Gasteiger partial charge in [0, 0.05) is 27.9 Å². The van der Waals surface area contributed by atoms with Crippen molar-refractivity contribution >= 4 is 39.7 Å². The Morgan fingerprint density at radius 3 is 2.59 bits per heavy atom. The standard InChI is InChI=1S/C26H27N3O4S/c1-14(2)17-6-8-18(9-7-17)24(31)21(30)11-12-22-23-19(13-34-22)26(33)29(16(4)28-23)20-10-5-15(3)27-25(20)32/h6-9,13-14,20H,3,5,10-12H2,1-2,4H3,(H,27,32). The molecule has 1 aromatic carbocycles. The number of amides is 1. The fourth-order valence-electron chi connectivity index (χ4n) is 4.23. The number of ketones is 2. The Labute approximate surface area is 201 Å². The molecule has 1 aliphatic rings. The first-order chi connectivity index (χ1) is 16.2. The van der Waals surface area contributed by atoms with Gasteiger partial charge in [-0.05, 0) is 37.7 Å². The van der Waals surface area contributed by atoms with Crippen LogP contribution >= 0.6 is 11.3 Å². The summed E-state index contributed by atoms with van der Waals surface area (Å²) in [7, 11) is 0. The third-order valence-electron chi connectivity index (χ3n) is 6.22. The van der Waals surface area contributed by atoms with Crippen LogP contribution in [0.5, 0.6) is 0 Å². The lowest BCUT2D eigenvalue weighted by Gasteiger charge is -2.26. The van der Waals surface area contributed by atoms with Crippen LogP contribution in [-0.4, -0.2) is 27.0 Å². The zero-order valence-electron chi connectivity index (χ0n) is 19.5. The van der Waals surface area contributed by atoms with Crippen LogP contribution in [0.15, 0.2) is 46.7 Å². The lowest BCUT2D eigenvalue weighted by molar-refractivity contribution is -0.125. The first kappa shape index (κ1) is 23.8. The molecule has 3 aromatic rings. The number of rotatable bonds is 7. The third kappa shape index (κ3) is 4.50. The minimum atomic E-state index is -0.625. The van der Waals surface area contributed by atoms with Crippen LogP contribution in [0.25, 0.3) is 10.9 Å². The van der Waals surface area contributed by atoms with E-state index in [1.165, 1.54) is 15.9 Å². The molecular formula is C26H27N3O4S. The number of hydrogen-bond acceptors (Lipinski definition) is 6. The second-order valence-corrected chi connectivity index (χ2v) is 9.90. The highest BCUT2D eigenvalue weighted by atomic mass is 32.1. The van der Waals surface area contributed by atoms with Crippen molar-refractivity contribution in [1.29, 1.82) is 0 Å². The number of Topliss-reactive ketones (excluding diaryl/α,β-unsaturated/α-hetero) is 2. The van der Waals surface area contributed by atoms with Gasteiger partial charge in [0.15, 0.2) is 0 Å². The average Bonchev–Trinajstić information content (AvgIpc) is 3.21. The number of carbonyl (C=O) groups excluding carboxylic acids is 3. The molecule has 0 spiro atoms. The highest BCUT2D eigenvalue weighted by Gasteiger charge is 2.29. The van der Waals surface area contributed by atoms with Gasteiger partial charge in [0.1, 0.15) is 11.9 Å². The van der Waals surface area contributed by atoms with Crippen molar-refractivity contribution in [2.75, 3.05) is 0 Å². The monoisotopic (exact) mass is 477 g/mol. The Morgan fingerprint density at radius 2 is 1.94 bits per heavy atom. The van der Waals surface area contributed by atoms with Gasteiger partial charge in [0.2, 0.25) is 17.5 Å². The summed E-state index contributed by atoms with van der Waals surface area (Å²) < 4.78 is 1.44. The second kappa shape index (κ2) is 9.46. The molecule has 4 rings (SSSR count). The largest absolute Gasteiger partial charge is 0.329 e. The van der Waals surface area contributed by atoms with Crippen LogP contribution in [0.4, 0.5) is 0 Å². The van der Waals surface area contributed by atoms with Crippen LogP contribution in [0, 0.1) is 6.92 Å². The maximum absolute atomic E-state index is 13.2. The summed E-state index contributed by atoms with van der Waals surface area (Å²) in [6.45, 7) is 9.62. The number of allylic oxidation sites excluding steroid dienone is 1. The number of piperidine rings is 1. The molecule has 8 heteroatoms. The summed E-state index contributed by atoms with van der Waals surface area (Å²) in [6.07, 6.45) is 1.45. The summed E-state index contributed by atoms with van der Waals surface area (Å²) in [4.78, 5) is 56.2. The first-order valence-electron chi connectivity index (χ1n) is 11.3. The predicted molar refractivity (Wildman–Crippen MR) is 132 cm³/mol. The van der Waals surface area contributed by atoms with Gasteiger partial charge in [-0.2, -0.15) is 0 Å². The maximum Gasteiger partial charge on any atom is 0.262 e. The molecule has 0 radical (unpaired) electrons. The van der Waals surface area contributed by atoms with E-state index < -0.39 is 17.6 Å². The fourth-order valence-corrected chi connectivity index (χ4v) is 5.19. The Hall–Kier alpha value is -3.39. The number of thiophene rings is 1. The van der Waals surface area contributed by atoms with Crippen molar-refractivity contribution in [3.8, 4) is 0 Å². The second-order valence-electron chi connectivity index (χ2n) is 8.93. The maximum atomic E-state index is 13.2. The molecule has 7 nitrogen and oxygen atoms in total. The molecule has 34 heavy (non-hydrogen) atoms. The molecule has 1 fully saturated rings. The Bertz CT molecular complexity index is 1370. The molecule has 1 unspecified atom stereocenters. The van der Waals surface area contributed by atoms with Gasteiger partial charge in [-0.15, -0.1) is 11.3 Å². The Morgan fingerprint density at radius 1 is 1.24 bits per heavy atom. The van der Waals surface area contributed by atoms with Crippen LogP contribution < -0.4 is 10.9 Å². The van der Waals surface area contributed by atoms with E-state index >= 15 is 0 Å². The zero-order valence-corrected chi connectivity index (χ0v) is 20.3. The molecule has 0 aliphatic carbocycles. The number of fused-ring (bicyclic) bond motifs is 1. The van der Waals surface area contributed by atoms with Crippen molar-refractivity contribution < 1.29 is 14.4 Å². The molecule has 1 saturated heterocycles. The normalized spacial score (nSPS) is 16.2. The van der Waals surface area contributed by atoms with Crippen molar-refractivity contribution in [1.82, 2.24) is 14.9 Å². The first-order valence-corrected chi connectivity index (χ1v) is 12.2. The van der Waals surface area contributed by atoms with E-state index in [1.54, 1.807) is 24.4 Å². The predicted octanol–water partition coefficient (Wildman–Crippen LogP) is 4.24. The van der Waals surface area contributed by atoms with E-state index in [1.807, 2.05) is 12.1 Å². The number of aromatic nitrogens is 2. The fraction of sp³-hybridized carbons (Fsp3) is 0.346. The lowest BCUT2D eigenvalue weighted by Crippen LogP contribution is -2.41. The molecule has 1 atom stereocenters. The Kier molecular flexibility index (Phi) is 6.61. The topological polar surface area (TPSA) is 98.1 Å². The van der Waals surface area contributed by atoms with Gasteiger partial charge in [-0.1, -0.05) is 44.7 Å². The number of benzene rings is 1. The molecule has 1 amide bonds. The van der Waals surface area contributed by atoms with E-state index in [2.05, 4.69) is 30.7 Å². The van der Waals surface area contributed by atoms with Gasteiger partial charge in [0.25, 0.3) is 5.56 Å². The summed E-state index contributed by atoms with van der Waals surface area (Å²) in [5.41, 5.74) is 2.40. The van der Waals surface area contributed by atoms with Crippen LogP contribution in [0.2, 0.25) is 0 Å². The summed E-state index contributed by atoms with van der Waals surface area (Å²) in [6, 6.07) is 6.51. The van der Waals surface area contributed by atoms with Crippen LogP contribution in [0.1, 0.15) is 71.7 Å². The molecule has 3 heterocycles. The highest BCUT2D eigenvalue weighted by molar-refractivity contribution is 7.11. The van der Waals surface area contributed by atoms with E-state index in [0.717, 1.165) is 10.4 Å². The van der Waals surface area contributed by atoms with Gasteiger partial charge in [-0.3, -0.25) is 23.7 Å².